The fourth-order valence-corrected chi connectivity index (χ4v) is 1.26. The van der Waals surface area contributed by atoms with Crippen molar-refractivity contribution in [3.63, 3.8) is 0 Å². The second-order valence-electron chi connectivity index (χ2n) is 3.01. The van der Waals surface area contributed by atoms with E-state index in [1.165, 1.54) is 21.0 Å². The average Bonchev–Trinajstić information content (AvgIpc) is 2.40. The molecule has 1 heterocycles. The topological polar surface area (TPSA) is 81.7 Å². The lowest BCUT2D eigenvalue weighted by Crippen LogP contribution is -2.25. The predicted molar refractivity (Wildman–Crippen MR) is 48.4 cm³/mol. The summed E-state index contributed by atoms with van der Waals surface area (Å²) in [5.41, 5.74) is -0.0976. The van der Waals surface area contributed by atoms with Crippen LogP contribution in [0.5, 0.6) is 0 Å². The molecule has 0 aromatic rings. The third-order valence-electron chi connectivity index (χ3n) is 1.87. The molecule has 0 unspecified atom stereocenters. The van der Waals surface area contributed by atoms with Crippen LogP contribution < -0.4 is 5.32 Å². The van der Waals surface area contributed by atoms with Gasteiger partial charge in [-0.2, -0.15) is 0 Å². The molecule has 0 saturated carbocycles. The van der Waals surface area contributed by atoms with Crippen molar-refractivity contribution >= 4 is 17.8 Å². The van der Waals surface area contributed by atoms with E-state index >= 15 is 0 Å². The Hall–Kier alpha value is -1.85. The fourth-order valence-electron chi connectivity index (χ4n) is 1.26. The second kappa shape index (κ2) is 4.12. The SMILES string of the molecule is COC(=O)C1=C(NC(C)=O)C(=O)O[C@@H]1C. The van der Waals surface area contributed by atoms with Crippen molar-refractivity contribution in [3.05, 3.63) is 11.3 Å². The Labute approximate surface area is 86.2 Å². The van der Waals surface area contributed by atoms with Crippen molar-refractivity contribution in [2.75, 3.05) is 7.11 Å². The van der Waals surface area contributed by atoms with Crippen LogP contribution in [-0.4, -0.2) is 31.1 Å². The number of nitrogens with one attached hydrogen (secondary N) is 1. The lowest BCUT2D eigenvalue weighted by molar-refractivity contribution is -0.141. The zero-order valence-electron chi connectivity index (χ0n) is 8.62. The molecular formula is C9H11NO5. The van der Waals surface area contributed by atoms with E-state index in [0.29, 0.717) is 0 Å². The van der Waals surface area contributed by atoms with Crippen molar-refractivity contribution in [1.82, 2.24) is 5.32 Å². The van der Waals surface area contributed by atoms with Gasteiger partial charge in [-0.1, -0.05) is 0 Å². The van der Waals surface area contributed by atoms with Crippen LogP contribution in [-0.2, 0) is 23.9 Å². The van der Waals surface area contributed by atoms with Crippen LogP contribution >= 0.6 is 0 Å². The first-order valence-corrected chi connectivity index (χ1v) is 4.28. The van der Waals surface area contributed by atoms with Gasteiger partial charge in [0.05, 0.1) is 7.11 Å². The van der Waals surface area contributed by atoms with E-state index in [4.69, 9.17) is 4.74 Å². The summed E-state index contributed by atoms with van der Waals surface area (Å²) in [5.74, 6) is -1.85. The Balaban J connectivity index is 3.09. The van der Waals surface area contributed by atoms with E-state index in [0.717, 1.165) is 0 Å². The molecule has 0 aromatic carbocycles. The highest BCUT2D eigenvalue weighted by Crippen LogP contribution is 2.21. The van der Waals surface area contributed by atoms with Crippen molar-refractivity contribution in [2.24, 2.45) is 0 Å². The molecule has 1 aliphatic rings. The van der Waals surface area contributed by atoms with Crippen molar-refractivity contribution < 1.29 is 23.9 Å². The first kappa shape index (κ1) is 11.2. The number of hydrogen-bond donors (Lipinski definition) is 1. The van der Waals surface area contributed by atoms with Gasteiger partial charge < -0.3 is 14.8 Å². The number of carbonyl (C=O) groups excluding carboxylic acids is 3. The van der Waals surface area contributed by atoms with Gasteiger partial charge in [-0.25, -0.2) is 9.59 Å². The van der Waals surface area contributed by atoms with Gasteiger partial charge in [-0.05, 0) is 6.92 Å². The molecule has 15 heavy (non-hydrogen) atoms. The minimum atomic E-state index is -0.724. The number of ether oxygens (including phenoxy) is 2. The van der Waals surface area contributed by atoms with Crippen LogP contribution in [0.25, 0.3) is 0 Å². The highest BCUT2D eigenvalue weighted by atomic mass is 16.6. The van der Waals surface area contributed by atoms with Gasteiger partial charge in [0.25, 0.3) is 0 Å². The quantitative estimate of drug-likeness (QED) is 0.625. The Morgan fingerprint density at radius 3 is 2.53 bits per heavy atom. The number of methoxy groups -OCH3 is 1. The zero-order valence-corrected chi connectivity index (χ0v) is 8.62. The van der Waals surface area contributed by atoms with E-state index in [1.807, 2.05) is 0 Å². The van der Waals surface area contributed by atoms with E-state index < -0.39 is 23.9 Å². The Morgan fingerprint density at radius 1 is 1.47 bits per heavy atom. The lowest BCUT2D eigenvalue weighted by Gasteiger charge is -2.05. The maximum Gasteiger partial charge on any atom is 0.356 e. The fraction of sp³-hybridized carbons (Fsp3) is 0.444. The average molecular weight is 213 g/mol. The molecule has 1 N–H and O–H groups in total. The molecule has 0 fully saturated rings. The molecule has 0 aromatic heterocycles. The standard InChI is InChI=1S/C9H11NO5/c1-4-6(8(12)14-3)7(9(13)15-4)10-5(2)11/h4H,1-3H3,(H,10,11)/t4-/m1/s1. The van der Waals surface area contributed by atoms with E-state index in [2.05, 4.69) is 10.1 Å². The number of carbonyl (C=O) groups is 3. The predicted octanol–water partition coefficient (Wildman–Crippen LogP) is -0.505. The summed E-state index contributed by atoms with van der Waals surface area (Å²) in [6, 6.07) is 0. The van der Waals surface area contributed by atoms with E-state index in [-0.39, 0.29) is 11.3 Å². The molecule has 1 rings (SSSR count). The molecule has 0 spiro atoms. The lowest BCUT2D eigenvalue weighted by atomic mass is 10.1. The highest BCUT2D eigenvalue weighted by Gasteiger charge is 2.36. The Bertz CT molecular complexity index is 358. The van der Waals surface area contributed by atoms with Gasteiger partial charge in [0.2, 0.25) is 5.91 Å². The molecule has 0 bridgehead atoms. The monoisotopic (exact) mass is 213 g/mol. The molecule has 0 saturated heterocycles. The van der Waals surface area contributed by atoms with Gasteiger partial charge in [0.1, 0.15) is 17.4 Å². The van der Waals surface area contributed by atoms with Gasteiger partial charge in [0.15, 0.2) is 0 Å². The Kier molecular flexibility index (Phi) is 3.08. The van der Waals surface area contributed by atoms with Crippen molar-refractivity contribution in [1.29, 1.82) is 0 Å². The molecule has 1 aliphatic heterocycles. The van der Waals surface area contributed by atoms with E-state index in [1.54, 1.807) is 0 Å². The third kappa shape index (κ3) is 2.15. The van der Waals surface area contributed by atoms with Crippen LogP contribution in [0.4, 0.5) is 0 Å². The van der Waals surface area contributed by atoms with Crippen LogP contribution in [0, 0.1) is 0 Å². The molecule has 0 radical (unpaired) electrons. The molecule has 1 amide bonds. The summed E-state index contributed by atoms with van der Waals surface area (Å²) in [4.78, 5) is 33.3. The minimum absolute atomic E-state index is 0.0395. The molecule has 6 nitrogen and oxygen atoms in total. The van der Waals surface area contributed by atoms with Gasteiger partial charge in [0, 0.05) is 6.92 Å². The molecule has 0 aliphatic carbocycles. The summed E-state index contributed by atoms with van der Waals surface area (Å²) in [6.07, 6.45) is -0.702. The highest BCUT2D eigenvalue weighted by molar-refractivity contribution is 6.05. The van der Waals surface area contributed by atoms with Crippen LogP contribution in [0.15, 0.2) is 11.3 Å². The molecule has 6 heteroatoms. The minimum Gasteiger partial charge on any atom is -0.465 e. The summed E-state index contributed by atoms with van der Waals surface area (Å²) in [5, 5.41) is 2.25. The maximum absolute atomic E-state index is 11.3. The maximum atomic E-state index is 11.3. The summed E-state index contributed by atoms with van der Waals surface area (Å²) < 4.78 is 9.27. The van der Waals surface area contributed by atoms with Crippen LogP contribution in [0.3, 0.4) is 0 Å². The number of rotatable bonds is 2. The zero-order chi connectivity index (χ0) is 11.6. The normalized spacial score (nSPS) is 19.9. The Morgan fingerprint density at radius 2 is 2.07 bits per heavy atom. The number of cyclic esters (lactones) is 1. The van der Waals surface area contributed by atoms with Gasteiger partial charge >= 0.3 is 11.9 Å². The van der Waals surface area contributed by atoms with Crippen molar-refractivity contribution in [3.8, 4) is 0 Å². The first-order valence-electron chi connectivity index (χ1n) is 4.28. The van der Waals surface area contributed by atoms with Crippen LogP contribution in [0.2, 0.25) is 0 Å². The van der Waals surface area contributed by atoms with Gasteiger partial charge in [-0.3, -0.25) is 4.79 Å². The number of esters is 2. The molecule has 82 valence electrons. The second-order valence-corrected chi connectivity index (χ2v) is 3.01. The summed E-state index contributed by atoms with van der Waals surface area (Å²) in [7, 11) is 1.19. The molecular weight excluding hydrogens is 202 g/mol. The summed E-state index contributed by atoms with van der Waals surface area (Å²) in [6.45, 7) is 2.76. The van der Waals surface area contributed by atoms with E-state index in [9.17, 15) is 14.4 Å². The largest absolute Gasteiger partial charge is 0.465 e. The smallest absolute Gasteiger partial charge is 0.356 e. The van der Waals surface area contributed by atoms with Crippen molar-refractivity contribution in [2.45, 2.75) is 20.0 Å². The summed E-state index contributed by atoms with van der Waals surface area (Å²) >= 11 is 0. The number of amides is 1. The third-order valence-corrected chi connectivity index (χ3v) is 1.87. The first-order chi connectivity index (χ1) is 6.97. The van der Waals surface area contributed by atoms with Crippen LogP contribution in [0.1, 0.15) is 13.8 Å². The molecule has 1 atom stereocenters. The van der Waals surface area contributed by atoms with Gasteiger partial charge in [-0.15, -0.1) is 0 Å². The number of hydrogen-bond acceptors (Lipinski definition) is 5.